The summed E-state index contributed by atoms with van der Waals surface area (Å²) in [7, 11) is 3.40. The van der Waals surface area contributed by atoms with E-state index in [-0.39, 0.29) is 58.2 Å². The maximum atomic E-state index is 10.5. The first-order valence-corrected chi connectivity index (χ1v) is 2.53. The average molecular weight is 210 g/mol. The summed E-state index contributed by atoms with van der Waals surface area (Å²) in [6.07, 6.45) is 0. The van der Waals surface area contributed by atoms with E-state index < -0.39 is 10.9 Å². The Labute approximate surface area is 108 Å². The van der Waals surface area contributed by atoms with E-state index in [9.17, 15) is 9.59 Å². The predicted octanol–water partition coefficient (Wildman–Crippen LogP) is -3.85. The van der Waals surface area contributed by atoms with Gasteiger partial charge in [0.1, 0.15) is 10.9 Å². The van der Waals surface area contributed by atoms with Gasteiger partial charge in [0.25, 0.3) is 0 Å². The van der Waals surface area contributed by atoms with Crippen LogP contribution in [-0.2, 0) is 0 Å². The number of rotatable bonds is 1. The van der Waals surface area contributed by atoms with Crippen LogP contribution >= 0.6 is 0 Å². The standard InChI is InChI=1S/C6H6NO2.Rb/c1-7(2)4-3-5(8)6(4)9;/h1-2H3;/q-1;+1. The van der Waals surface area contributed by atoms with Crippen LogP contribution in [0.25, 0.3) is 0 Å². The maximum Gasteiger partial charge on any atom is 1.00 e. The van der Waals surface area contributed by atoms with E-state index in [0.717, 1.165) is 0 Å². The molecule has 0 aliphatic carbocycles. The van der Waals surface area contributed by atoms with E-state index >= 15 is 0 Å². The van der Waals surface area contributed by atoms with Gasteiger partial charge in [-0.3, -0.25) is 0 Å². The molecule has 0 bridgehead atoms. The van der Waals surface area contributed by atoms with Crippen LogP contribution in [0.3, 0.4) is 0 Å². The van der Waals surface area contributed by atoms with E-state index in [4.69, 9.17) is 0 Å². The van der Waals surface area contributed by atoms with Crippen molar-refractivity contribution in [3.8, 4) is 0 Å². The zero-order valence-corrected chi connectivity index (χ0v) is 11.2. The third-order valence-corrected chi connectivity index (χ3v) is 1.10. The fourth-order valence-electron chi connectivity index (χ4n) is 0.581. The second-order valence-corrected chi connectivity index (χ2v) is 2.03. The quantitative estimate of drug-likeness (QED) is 0.351. The van der Waals surface area contributed by atoms with E-state index in [1.807, 2.05) is 0 Å². The molecule has 4 heteroatoms. The van der Waals surface area contributed by atoms with Crippen molar-refractivity contribution in [2.24, 2.45) is 0 Å². The third-order valence-electron chi connectivity index (χ3n) is 1.10. The van der Waals surface area contributed by atoms with Crippen molar-refractivity contribution in [2.45, 2.75) is 0 Å². The minimum Gasteiger partial charge on any atom is -0.396 e. The van der Waals surface area contributed by atoms with Crippen molar-refractivity contribution in [1.29, 1.82) is 0 Å². The van der Waals surface area contributed by atoms with Crippen molar-refractivity contribution in [2.75, 3.05) is 19.0 Å². The van der Waals surface area contributed by atoms with Crippen molar-refractivity contribution in [3.63, 3.8) is 0 Å². The molecule has 0 aliphatic rings. The zero-order chi connectivity index (χ0) is 7.02. The molecule has 3 nitrogen and oxygen atoms in total. The van der Waals surface area contributed by atoms with Crippen LogP contribution in [0.15, 0.2) is 9.59 Å². The summed E-state index contributed by atoms with van der Waals surface area (Å²) in [6.45, 7) is 0. The Kier molecular flexibility index (Phi) is 4.17. The Morgan fingerprint density at radius 1 is 1.30 bits per heavy atom. The van der Waals surface area contributed by atoms with Crippen LogP contribution in [0, 0.1) is 6.07 Å². The molecule has 0 N–H and O–H groups in total. The van der Waals surface area contributed by atoms with Crippen LogP contribution < -0.4 is 73.9 Å². The molecule has 1 aromatic rings. The molecule has 0 saturated carbocycles. The van der Waals surface area contributed by atoms with Gasteiger partial charge in [-0.2, -0.15) is 0 Å². The molecule has 0 unspecified atom stereocenters. The Morgan fingerprint density at radius 2 is 1.80 bits per heavy atom. The van der Waals surface area contributed by atoms with Gasteiger partial charge >= 0.3 is 58.2 Å². The van der Waals surface area contributed by atoms with Crippen molar-refractivity contribution >= 4 is 5.69 Å². The summed E-state index contributed by atoms with van der Waals surface area (Å²) < 4.78 is 0. The van der Waals surface area contributed by atoms with Gasteiger partial charge in [-0.25, -0.2) is 0 Å². The molecule has 0 heterocycles. The Hall–Kier alpha value is 0.685. The fraction of sp³-hybridized carbons (Fsp3) is 0.333. The molecular formula is C6H6NO2Rb. The number of anilines is 1. The van der Waals surface area contributed by atoms with Gasteiger partial charge < -0.3 is 14.5 Å². The molecule has 0 aliphatic heterocycles. The van der Waals surface area contributed by atoms with Crippen LogP contribution in [-0.4, -0.2) is 14.1 Å². The van der Waals surface area contributed by atoms with Crippen LogP contribution in [0.5, 0.6) is 0 Å². The molecule has 0 spiro atoms. The maximum absolute atomic E-state index is 10.5. The van der Waals surface area contributed by atoms with Gasteiger partial charge in [0.15, 0.2) is 0 Å². The molecule has 0 amide bonds. The smallest absolute Gasteiger partial charge is 0.396 e. The molecule has 0 radical (unpaired) electrons. The summed E-state index contributed by atoms with van der Waals surface area (Å²) in [4.78, 5) is 22.3. The topological polar surface area (TPSA) is 37.4 Å². The number of hydrogen-bond acceptors (Lipinski definition) is 3. The van der Waals surface area contributed by atoms with E-state index in [0.29, 0.717) is 5.69 Å². The second kappa shape index (κ2) is 3.90. The van der Waals surface area contributed by atoms with Crippen LogP contribution in [0.2, 0.25) is 0 Å². The van der Waals surface area contributed by atoms with E-state index in [1.54, 1.807) is 19.0 Å². The zero-order valence-electron chi connectivity index (χ0n) is 6.26. The summed E-state index contributed by atoms with van der Waals surface area (Å²) in [5, 5.41) is 0. The fourth-order valence-corrected chi connectivity index (χ4v) is 0.581. The summed E-state index contributed by atoms with van der Waals surface area (Å²) in [5.74, 6) is 0. The monoisotopic (exact) mass is 209 g/mol. The van der Waals surface area contributed by atoms with E-state index in [2.05, 4.69) is 6.07 Å². The Morgan fingerprint density at radius 3 is 1.90 bits per heavy atom. The molecular weight excluding hydrogens is 204 g/mol. The summed E-state index contributed by atoms with van der Waals surface area (Å²) in [6, 6.07) is 2.35. The first-order chi connectivity index (χ1) is 4.13. The summed E-state index contributed by atoms with van der Waals surface area (Å²) in [5.41, 5.74) is -0.571. The van der Waals surface area contributed by atoms with Gasteiger partial charge in [-0.1, -0.05) is 0 Å². The average Bonchev–Trinajstić information content (AvgIpc) is 1.81. The summed E-state index contributed by atoms with van der Waals surface area (Å²) >= 11 is 0. The van der Waals surface area contributed by atoms with Crippen molar-refractivity contribution in [1.82, 2.24) is 0 Å². The van der Waals surface area contributed by atoms with Crippen LogP contribution in [0.4, 0.5) is 5.69 Å². The molecule has 0 saturated heterocycles. The van der Waals surface area contributed by atoms with Gasteiger partial charge in [-0.05, 0) is 5.69 Å². The molecule has 10 heavy (non-hydrogen) atoms. The van der Waals surface area contributed by atoms with Crippen molar-refractivity contribution in [3.05, 3.63) is 26.5 Å². The molecule has 1 aromatic carbocycles. The molecule has 48 valence electrons. The number of nitrogens with zero attached hydrogens (tertiary/aromatic N) is 1. The van der Waals surface area contributed by atoms with Gasteiger partial charge in [0.05, 0.1) is 0 Å². The molecule has 0 atom stereocenters. The minimum atomic E-state index is -0.515. The Balaban J connectivity index is 0.000000810. The molecule has 1 rings (SSSR count). The van der Waals surface area contributed by atoms with Gasteiger partial charge in [0, 0.05) is 14.1 Å². The predicted molar refractivity (Wildman–Crippen MR) is 34.5 cm³/mol. The third kappa shape index (κ3) is 1.84. The minimum absolute atomic E-state index is 0. The van der Waals surface area contributed by atoms with E-state index in [1.165, 1.54) is 0 Å². The normalized spacial score (nSPS) is 9.00. The molecule has 0 aromatic heterocycles. The first kappa shape index (κ1) is 10.7. The first-order valence-electron chi connectivity index (χ1n) is 2.53. The van der Waals surface area contributed by atoms with Gasteiger partial charge in [-0.15, -0.1) is 6.07 Å². The second-order valence-electron chi connectivity index (χ2n) is 2.03. The van der Waals surface area contributed by atoms with Gasteiger partial charge in [0.2, 0.25) is 0 Å². The largest absolute Gasteiger partial charge is 1.00 e. The number of hydrogen-bond donors (Lipinski definition) is 0. The molecule has 0 fully saturated rings. The Bertz CT molecular complexity index is 285. The van der Waals surface area contributed by atoms with Crippen LogP contribution in [0.1, 0.15) is 0 Å². The SMILES string of the molecule is CN(C)c1[c-]c(=O)c1=O.[Rb+]. The van der Waals surface area contributed by atoms with Crippen molar-refractivity contribution < 1.29 is 58.2 Å².